The van der Waals surface area contributed by atoms with E-state index in [4.69, 9.17) is 18.9 Å². The molecule has 0 spiro atoms. The minimum absolute atomic E-state index is 0.0319. The number of carbonyl (C=O) groups is 2. The third-order valence-corrected chi connectivity index (χ3v) is 2.72. The Morgan fingerprint density at radius 1 is 0.833 bits per heavy atom. The first-order chi connectivity index (χ1) is 11.3. The fraction of sp³-hybridized carbons (Fsp3) is 0.333. The summed E-state index contributed by atoms with van der Waals surface area (Å²) in [5.74, 6) is -0.763. The Balaban J connectivity index is 3.42. The minimum Gasteiger partial charge on any atom is -0.490 e. The summed E-state index contributed by atoms with van der Waals surface area (Å²) in [6.45, 7) is 14.4. The van der Waals surface area contributed by atoms with Crippen molar-refractivity contribution in [2.75, 3.05) is 13.2 Å². The second kappa shape index (κ2) is 8.76. The summed E-state index contributed by atoms with van der Waals surface area (Å²) >= 11 is 0. The van der Waals surface area contributed by atoms with Gasteiger partial charge in [0.05, 0.1) is 13.2 Å². The second-order valence-corrected chi connectivity index (χ2v) is 4.93. The molecule has 0 radical (unpaired) electrons. The molecule has 0 amide bonds. The first-order valence-electron chi connectivity index (χ1n) is 7.49. The van der Waals surface area contributed by atoms with E-state index >= 15 is 0 Å². The van der Waals surface area contributed by atoms with Gasteiger partial charge in [0.25, 0.3) is 0 Å². The maximum atomic E-state index is 11.9. The summed E-state index contributed by atoms with van der Waals surface area (Å²) in [7, 11) is 0. The molecule has 0 N–H and O–H groups in total. The van der Waals surface area contributed by atoms with Crippen LogP contribution in [-0.2, 0) is 9.59 Å². The topological polar surface area (TPSA) is 71.1 Å². The standard InChI is InChI=1S/C18H22O6/c1-7-21-13-9-10-14(23-17(19)11(3)4)16(15(13)22-8-2)24-18(20)12(5)6/h9-10H,3,5,7-8H2,1-2,4,6H3. The van der Waals surface area contributed by atoms with E-state index in [1.807, 2.05) is 6.92 Å². The molecule has 1 aromatic carbocycles. The first kappa shape index (κ1) is 19.3. The van der Waals surface area contributed by atoms with E-state index in [9.17, 15) is 9.59 Å². The molecule has 1 rings (SSSR count). The molecule has 6 nitrogen and oxygen atoms in total. The Hall–Kier alpha value is -2.76. The van der Waals surface area contributed by atoms with Crippen LogP contribution in [0.3, 0.4) is 0 Å². The molecule has 0 saturated heterocycles. The predicted molar refractivity (Wildman–Crippen MR) is 89.7 cm³/mol. The number of benzene rings is 1. The maximum absolute atomic E-state index is 11.9. The Bertz CT molecular complexity index is 660. The van der Waals surface area contributed by atoms with Crippen molar-refractivity contribution in [1.82, 2.24) is 0 Å². The number of hydrogen-bond donors (Lipinski definition) is 0. The summed E-state index contributed by atoms with van der Waals surface area (Å²) in [5, 5.41) is 0. The van der Waals surface area contributed by atoms with Crippen LogP contribution in [0, 0.1) is 0 Å². The molecule has 0 fully saturated rings. The summed E-state index contributed by atoms with van der Waals surface area (Å²) in [6, 6.07) is 3.04. The molecule has 24 heavy (non-hydrogen) atoms. The van der Waals surface area contributed by atoms with Gasteiger partial charge in [-0.25, -0.2) is 9.59 Å². The second-order valence-electron chi connectivity index (χ2n) is 4.93. The number of hydrogen-bond acceptors (Lipinski definition) is 6. The third kappa shape index (κ3) is 4.87. The molecule has 1 aromatic rings. The number of ether oxygens (including phenoxy) is 4. The van der Waals surface area contributed by atoms with Gasteiger partial charge in [-0.2, -0.15) is 0 Å². The van der Waals surface area contributed by atoms with Gasteiger partial charge in [-0.1, -0.05) is 13.2 Å². The van der Waals surface area contributed by atoms with E-state index in [-0.39, 0.29) is 28.4 Å². The Labute approximate surface area is 141 Å². The van der Waals surface area contributed by atoms with Crippen molar-refractivity contribution in [3.05, 3.63) is 36.4 Å². The van der Waals surface area contributed by atoms with Crippen LogP contribution in [-0.4, -0.2) is 25.2 Å². The van der Waals surface area contributed by atoms with E-state index in [1.54, 1.807) is 13.0 Å². The highest BCUT2D eigenvalue weighted by Crippen LogP contribution is 2.45. The van der Waals surface area contributed by atoms with Gasteiger partial charge < -0.3 is 18.9 Å². The fourth-order valence-corrected chi connectivity index (χ4v) is 1.62. The van der Waals surface area contributed by atoms with Crippen LogP contribution in [0.15, 0.2) is 36.4 Å². The zero-order valence-corrected chi connectivity index (χ0v) is 14.4. The summed E-state index contributed by atoms with van der Waals surface area (Å²) in [4.78, 5) is 23.7. The third-order valence-electron chi connectivity index (χ3n) is 2.72. The smallest absolute Gasteiger partial charge is 0.338 e. The normalized spacial score (nSPS) is 9.83. The lowest BCUT2D eigenvalue weighted by atomic mass is 10.2. The number of rotatable bonds is 8. The molecule has 0 aliphatic rings. The Kier molecular flexibility index (Phi) is 7.04. The minimum atomic E-state index is -0.669. The quantitative estimate of drug-likeness (QED) is 0.412. The molecule has 0 bridgehead atoms. The molecular formula is C18H22O6. The van der Waals surface area contributed by atoms with E-state index in [2.05, 4.69) is 13.2 Å². The van der Waals surface area contributed by atoms with E-state index in [1.165, 1.54) is 19.9 Å². The molecule has 0 aromatic heterocycles. The number of carbonyl (C=O) groups excluding carboxylic acids is 2. The SMILES string of the molecule is C=C(C)C(=O)Oc1ccc(OCC)c(OCC)c1OC(=O)C(=C)C. The van der Waals surface area contributed by atoms with Crippen molar-refractivity contribution in [1.29, 1.82) is 0 Å². The average molecular weight is 334 g/mol. The molecule has 0 heterocycles. The van der Waals surface area contributed by atoms with Crippen molar-refractivity contribution in [2.45, 2.75) is 27.7 Å². The van der Waals surface area contributed by atoms with Crippen LogP contribution in [0.5, 0.6) is 23.0 Å². The van der Waals surface area contributed by atoms with Crippen molar-refractivity contribution in [2.24, 2.45) is 0 Å². The maximum Gasteiger partial charge on any atom is 0.338 e. The van der Waals surface area contributed by atoms with Gasteiger partial charge in [0.1, 0.15) is 0 Å². The van der Waals surface area contributed by atoms with Crippen molar-refractivity contribution in [3.63, 3.8) is 0 Å². The zero-order chi connectivity index (χ0) is 18.3. The van der Waals surface area contributed by atoms with Gasteiger partial charge in [-0.05, 0) is 39.8 Å². The van der Waals surface area contributed by atoms with E-state index < -0.39 is 11.9 Å². The Morgan fingerprint density at radius 3 is 1.83 bits per heavy atom. The zero-order valence-electron chi connectivity index (χ0n) is 14.4. The average Bonchev–Trinajstić information content (AvgIpc) is 2.52. The molecule has 0 unspecified atom stereocenters. The lowest BCUT2D eigenvalue weighted by Crippen LogP contribution is -2.14. The molecule has 0 atom stereocenters. The fourth-order valence-electron chi connectivity index (χ4n) is 1.62. The highest BCUT2D eigenvalue weighted by Gasteiger charge is 2.23. The van der Waals surface area contributed by atoms with Gasteiger partial charge >= 0.3 is 11.9 Å². The molecule has 0 saturated carbocycles. The van der Waals surface area contributed by atoms with Gasteiger partial charge in [-0.3, -0.25) is 0 Å². The highest BCUT2D eigenvalue weighted by molar-refractivity contribution is 5.91. The molecule has 6 heteroatoms. The van der Waals surface area contributed by atoms with Crippen molar-refractivity contribution >= 4 is 11.9 Å². The monoisotopic (exact) mass is 334 g/mol. The summed E-state index contributed by atoms with van der Waals surface area (Å²) in [6.07, 6.45) is 0. The van der Waals surface area contributed by atoms with Crippen molar-refractivity contribution in [3.8, 4) is 23.0 Å². The van der Waals surface area contributed by atoms with Crippen LogP contribution in [0.4, 0.5) is 0 Å². The van der Waals surface area contributed by atoms with Crippen LogP contribution in [0.25, 0.3) is 0 Å². The van der Waals surface area contributed by atoms with Crippen LogP contribution in [0.2, 0.25) is 0 Å². The molecule has 130 valence electrons. The van der Waals surface area contributed by atoms with Gasteiger partial charge in [0.2, 0.25) is 11.5 Å². The lowest BCUT2D eigenvalue weighted by Gasteiger charge is -2.17. The largest absolute Gasteiger partial charge is 0.490 e. The molecule has 0 aliphatic carbocycles. The highest BCUT2D eigenvalue weighted by atomic mass is 16.6. The number of esters is 2. The molecule has 0 aliphatic heterocycles. The van der Waals surface area contributed by atoms with E-state index in [0.29, 0.717) is 19.0 Å². The van der Waals surface area contributed by atoms with Crippen molar-refractivity contribution < 1.29 is 28.5 Å². The van der Waals surface area contributed by atoms with Crippen LogP contribution in [0.1, 0.15) is 27.7 Å². The summed E-state index contributed by atoms with van der Waals surface area (Å²) < 4.78 is 21.6. The van der Waals surface area contributed by atoms with Gasteiger partial charge in [-0.15, -0.1) is 0 Å². The van der Waals surface area contributed by atoms with E-state index in [0.717, 1.165) is 0 Å². The van der Waals surface area contributed by atoms with Gasteiger partial charge in [0.15, 0.2) is 11.5 Å². The first-order valence-corrected chi connectivity index (χ1v) is 7.49. The van der Waals surface area contributed by atoms with Crippen LogP contribution < -0.4 is 18.9 Å². The molecular weight excluding hydrogens is 312 g/mol. The van der Waals surface area contributed by atoms with Crippen LogP contribution >= 0.6 is 0 Å². The lowest BCUT2D eigenvalue weighted by molar-refractivity contribution is -0.132. The Morgan fingerprint density at radius 2 is 1.33 bits per heavy atom. The van der Waals surface area contributed by atoms with Gasteiger partial charge in [0, 0.05) is 11.1 Å². The summed E-state index contributed by atoms with van der Waals surface area (Å²) in [5.41, 5.74) is 0.399. The predicted octanol–water partition coefficient (Wildman–Crippen LogP) is 3.45.